The Kier molecular flexibility index (Phi) is 9.10. The molecule has 1 aliphatic rings. The summed E-state index contributed by atoms with van der Waals surface area (Å²) in [6, 6.07) is 6.86. The summed E-state index contributed by atoms with van der Waals surface area (Å²) in [4.78, 5) is 24.4. The third-order valence-corrected chi connectivity index (χ3v) is 5.85. The van der Waals surface area contributed by atoms with Gasteiger partial charge < -0.3 is 15.1 Å². The number of carbonyl (C=O) groups is 2. The number of aliphatic hydroxyl groups is 1. The first-order valence-corrected chi connectivity index (χ1v) is 10.9. The number of aliphatic hydroxyl groups excluding tert-OH is 1. The average molecular weight is 428 g/mol. The van der Waals surface area contributed by atoms with Crippen LogP contribution in [-0.4, -0.2) is 57.2 Å². The van der Waals surface area contributed by atoms with E-state index in [2.05, 4.69) is 0 Å². The molecule has 1 amide bonds. The standard InChI is InChI=1S/C21H27F2NO4S/c22-21(23,16-7-2-1-3-8-16)18(25)12-11-17-9-6-10-19(26)24(17)13-4-5-14-29-15-20(27)28/h1-3,7-8,11-12,17-18,25H,4-6,9-10,13-15H2,(H,27,28)/b12-11+/t17-,18-/m1/s1. The number of nitrogens with zero attached hydrogens (tertiary/aromatic N) is 1. The van der Waals surface area contributed by atoms with Crippen molar-refractivity contribution in [1.82, 2.24) is 4.90 Å². The first kappa shape index (κ1) is 23.3. The van der Waals surface area contributed by atoms with Crippen LogP contribution in [0.2, 0.25) is 0 Å². The molecule has 1 aromatic rings. The van der Waals surface area contributed by atoms with Crippen molar-refractivity contribution in [2.24, 2.45) is 0 Å². The van der Waals surface area contributed by atoms with Crippen LogP contribution in [0.3, 0.4) is 0 Å². The fourth-order valence-electron chi connectivity index (χ4n) is 3.27. The van der Waals surface area contributed by atoms with Crippen LogP contribution < -0.4 is 0 Å². The quantitative estimate of drug-likeness (QED) is 0.416. The Morgan fingerprint density at radius 2 is 2.03 bits per heavy atom. The highest BCUT2D eigenvalue weighted by Crippen LogP contribution is 2.32. The molecule has 2 rings (SSSR count). The summed E-state index contributed by atoms with van der Waals surface area (Å²) in [6.45, 7) is 0.493. The van der Waals surface area contributed by atoms with Gasteiger partial charge in [0.05, 0.1) is 11.8 Å². The Balaban J connectivity index is 1.92. The van der Waals surface area contributed by atoms with Gasteiger partial charge in [-0.15, -0.1) is 0 Å². The monoisotopic (exact) mass is 427 g/mol. The summed E-state index contributed by atoms with van der Waals surface area (Å²) in [5.41, 5.74) is -0.257. The number of unbranched alkanes of at least 4 members (excludes halogenated alkanes) is 1. The van der Waals surface area contributed by atoms with Crippen LogP contribution in [0.25, 0.3) is 0 Å². The number of piperidine rings is 1. The van der Waals surface area contributed by atoms with Gasteiger partial charge in [-0.3, -0.25) is 9.59 Å². The Morgan fingerprint density at radius 3 is 2.72 bits per heavy atom. The lowest BCUT2D eigenvalue weighted by molar-refractivity contribution is -0.135. The van der Waals surface area contributed by atoms with E-state index in [1.54, 1.807) is 11.0 Å². The van der Waals surface area contributed by atoms with Crippen molar-refractivity contribution in [2.75, 3.05) is 18.1 Å². The lowest BCUT2D eigenvalue weighted by Gasteiger charge is -2.34. The number of thioether (sulfide) groups is 1. The summed E-state index contributed by atoms with van der Waals surface area (Å²) in [5.74, 6) is -3.54. The Bertz CT molecular complexity index is 699. The third-order valence-electron chi connectivity index (χ3n) is 4.82. The summed E-state index contributed by atoms with van der Waals surface area (Å²) < 4.78 is 28.9. The largest absolute Gasteiger partial charge is 0.481 e. The van der Waals surface area contributed by atoms with Crippen molar-refractivity contribution in [2.45, 2.75) is 50.2 Å². The predicted molar refractivity (Wildman–Crippen MR) is 109 cm³/mol. The van der Waals surface area contributed by atoms with E-state index in [1.165, 1.54) is 42.1 Å². The zero-order chi connectivity index (χ0) is 21.3. The normalized spacial score (nSPS) is 18.9. The predicted octanol–water partition coefficient (Wildman–Crippen LogP) is 3.67. The maximum Gasteiger partial charge on any atom is 0.313 e. The highest BCUT2D eigenvalue weighted by Gasteiger charge is 2.39. The van der Waals surface area contributed by atoms with Gasteiger partial charge in [0.25, 0.3) is 0 Å². The van der Waals surface area contributed by atoms with Crippen molar-refractivity contribution in [3.63, 3.8) is 0 Å². The number of carbonyl (C=O) groups excluding carboxylic acids is 1. The Morgan fingerprint density at radius 1 is 1.31 bits per heavy atom. The highest BCUT2D eigenvalue weighted by atomic mass is 32.2. The van der Waals surface area contributed by atoms with Crippen LogP contribution in [0, 0.1) is 0 Å². The molecule has 2 atom stereocenters. The lowest BCUT2D eigenvalue weighted by Crippen LogP contribution is -2.43. The van der Waals surface area contributed by atoms with E-state index in [-0.39, 0.29) is 23.3 Å². The Hall–Kier alpha value is -1.93. The van der Waals surface area contributed by atoms with Gasteiger partial charge in [0, 0.05) is 18.5 Å². The van der Waals surface area contributed by atoms with E-state index in [4.69, 9.17) is 5.11 Å². The molecular weight excluding hydrogens is 400 g/mol. The maximum atomic E-state index is 14.4. The molecule has 1 saturated heterocycles. The number of benzene rings is 1. The second kappa shape index (κ2) is 11.3. The molecule has 29 heavy (non-hydrogen) atoms. The molecule has 0 aliphatic carbocycles. The molecule has 5 nitrogen and oxygen atoms in total. The molecule has 1 aliphatic heterocycles. The minimum absolute atomic E-state index is 0.0200. The van der Waals surface area contributed by atoms with Crippen molar-refractivity contribution in [3.05, 3.63) is 48.0 Å². The molecule has 1 aromatic carbocycles. The molecule has 1 fully saturated rings. The van der Waals surface area contributed by atoms with Gasteiger partial charge in [0.2, 0.25) is 5.91 Å². The van der Waals surface area contributed by atoms with Gasteiger partial charge in [0.1, 0.15) is 6.10 Å². The number of alkyl halides is 2. The van der Waals surface area contributed by atoms with Crippen molar-refractivity contribution in [3.8, 4) is 0 Å². The molecular formula is C21H27F2NO4S. The number of hydrogen-bond donors (Lipinski definition) is 2. The van der Waals surface area contributed by atoms with E-state index in [0.717, 1.165) is 12.5 Å². The van der Waals surface area contributed by atoms with Crippen LogP contribution in [0.5, 0.6) is 0 Å². The molecule has 0 unspecified atom stereocenters. The molecule has 0 aromatic heterocycles. The number of amides is 1. The van der Waals surface area contributed by atoms with Gasteiger partial charge in [0.15, 0.2) is 0 Å². The van der Waals surface area contributed by atoms with Gasteiger partial charge >= 0.3 is 11.9 Å². The average Bonchev–Trinajstić information content (AvgIpc) is 2.70. The number of halogens is 2. The fourth-order valence-corrected chi connectivity index (χ4v) is 4.00. The summed E-state index contributed by atoms with van der Waals surface area (Å²) in [7, 11) is 0. The molecule has 8 heteroatoms. The van der Waals surface area contributed by atoms with Crippen molar-refractivity contribution in [1.29, 1.82) is 0 Å². The van der Waals surface area contributed by atoms with Crippen LogP contribution in [0.4, 0.5) is 8.78 Å². The van der Waals surface area contributed by atoms with Crippen LogP contribution in [0.1, 0.15) is 37.7 Å². The minimum Gasteiger partial charge on any atom is -0.481 e. The zero-order valence-electron chi connectivity index (χ0n) is 16.2. The second-order valence-electron chi connectivity index (χ2n) is 7.02. The van der Waals surface area contributed by atoms with Crippen molar-refractivity contribution >= 4 is 23.6 Å². The van der Waals surface area contributed by atoms with E-state index in [1.807, 2.05) is 0 Å². The van der Waals surface area contributed by atoms with Gasteiger partial charge in [-0.05, 0) is 31.4 Å². The van der Waals surface area contributed by atoms with Crippen LogP contribution in [-0.2, 0) is 15.5 Å². The number of likely N-dealkylation sites (tertiary alicyclic amines) is 1. The molecule has 0 saturated carbocycles. The first-order chi connectivity index (χ1) is 13.8. The van der Waals surface area contributed by atoms with E-state index in [9.17, 15) is 23.5 Å². The van der Waals surface area contributed by atoms with E-state index >= 15 is 0 Å². The lowest BCUT2D eigenvalue weighted by atomic mass is 9.98. The van der Waals surface area contributed by atoms with Crippen LogP contribution in [0.15, 0.2) is 42.5 Å². The number of hydrogen-bond acceptors (Lipinski definition) is 4. The van der Waals surface area contributed by atoms with Gasteiger partial charge in [-0.1, -0.05) is 42.5 Å². The van der Waals surface area contributed by atoms with Crippen LogP contribution >= 0.6 is 11.8 Å². The molecule has 160 valence electrons. The van der Waals surface area contributed by atoms with Crippen molar-refractivity contribution < 1.29 is 28.6 Å². The fraction of sp³-hybridized carbons (Fsp3) is 0.524. The smallest absolute Gasteiger partial charge is 0.313 e. The van der Waals surface area contributed by atoms with Gasteiger partial charge in [-0.2, -0.15) is 20.5 Å². The summed E-state index contributed by atoms with van der Waals surface area (Å²) in [6.07, 6.45) is 3.89. The van der Waals surface area contributed by atoms with Gasteiger partial charge in [-0.25, -0.2) is 0 Å². The molecule has 0 spiro atoms. The van der Waals surface area contributed by atoms with E-state index < -0.39 is 18.0 Å². The van der Waals surface area contributed by atoms with E-state index in [0.29, 0.717) is 38.0 Å². The molecule has 0 bridgehead atoms. The molecule has 0 radical (unpaired) electrons. The summed E-state index contributed by atoms with van der Waals surface area (Å²) >= 11 is 1.33. The SMILES string of the molecule is O=C(O)CSCCCCN1C(=O)CCC[C@@H]1/C=C/[C@@H](O)C(F)(F)c1ccccc1. The Labute approximate surface area is 173 Å². The topological polar surface area (TPSA) is 77.8 Å². The zero-order valence-corrected chi connectivity index (χ0v) is 17.0. The number of carboxylic acids is 1. The number of carboxylic acid groups (broad SMARTS) is 1. The maximum absolute atomic E-state index is 14.4. The molecule has 2 N–H and O–H groups in total. The second-order valence-corrected chi connectivity index (χ2v) is 8.12. The number of rotatable bonds is 11. The third kappa shape index (κ3) is 7.12. The minimum atomic E-state index is -3.41. The highest BCUT2D eigenvalue weighted by molar-refractivity contribution is 7.99. The first-order valence-electron chi connectivity index (χ1n) is 9.71. The number of aliphatic carboxylic acids is 1. The molecule has 1 heterocycles. The summed E-state index contributed by atoms with van der Waals surface area (Å²) in [5, 5.41) is 18.7.